The van der Waals surface area contributed by atoms with Gasteiger partial charge in [0.25, 0.3) is 0 Å². The Morgan fingerprint density at radius 3 is 2.39 bits per heavy atom. The Hall–Kier alpha value is -1.36. The highest BCUT2D eigenvalue weighted by atomic mass is 32.1. The molecule has 1 aromatic rings. The molecule has 0 fully saturated rings. The van der Waals surface area contributed by atoms with Crippen molar-refractivity contribution < 1.29 is 14.7 Å². The van der Waals surface area contributed by atoms with E-state index in [-0.39, 0.29) is 12.3 Å². The molecule has 0 aliphatic rings. The van der Waals surface area contributed by atoms with Gasteiger partial charge in [-0.25, -0.2) is 0 Å². The number of carboxylic acids is 1. The largest absolute Gasteiger partial charge is 0.481 e. The highest BCUT2D eigenvalue weighted by Gasteiger charge is 2.44. The zero-order chi connectivity index (χ0) is 14.0. The van der Waals surface area contributed by atoms with Gasteiger partial charge in [0.2, 0.25) is 5.91 Å². The minimum atomic E-state index is -1.03. The third-order valence-corrected chi connectivity index (χ3v) is 4.23. The fourth-order valence-electron chi connectivity index (χ4n) is 1.39. The molecule has 0 radical (unpaired) electrons. The first kappa shape index (κ1) is 14.7. The van der Waals surface area contributed by atoms with Crippen LogP contribution in [0.1, 0.15) is 33.3 Å². The van der Waals surface area contributed by atoms with Crippen molar-refractivity contribution >= 4 is 23.2 Å². The summed E-state index contributed by atoms with van der Waals surface area (Å²) in [5.41, 5.74) is -0.898. The average molecular weight is 269 g/mol. The van der Waals surface area contributed by atoms with Crippen molar-refractivity contribution in [2.24, 2.45) is 5.41 Å². The number of aliphatic carboxylic acids is 1. The Morgan fingerprint density at radius 1 is 1.33 bits per heavy atom. The second-order valence-corrected chi connectivity index (χ2v) is 6.19. The smallest absolute Gasteiger partial charge is 0.311 e. The maximum absolute atomic E-state index is 11.9. The lowest BCUT2D eigenvalue weighted by Gasteiger charge is -2.38. The van der Waals surface area contributed by atoms with Crippen LogP contribution in [0.3, 0.4) is 0 Å². The minimum absolute atomic E-state index is 0.160. The van der Waals surface area contributed by atoms with E-state index in [0.29, 0.717) is 0 Å². The molecule has 0 spiro atoms. The molecule has 0 saturated heterocycles. The Bertz CT molecular complexity index is 435. The molecule has 2 N–H and O–H groups in total. The van der Waals surface area contributed by atoms with E-state index in [1.165, 1.54) is 11.3 Å². The van der Waals surface area contributed by atoms with Crippen LogP contribution < -0.4 is 5.32 Å². The van der Waals surface area contributed by atoms with E-state index in [1.54, 1.807) is 27.7 Å². The van der Waals surface area contributed by atoms with Gasteiger partial charge in [0.1, 0.15) is 0 Å². The molecule has 0 aliphatic carbocycles. The maximum Gasteiger partial charge on any atom is 0.311 e. The molecule has 0 unspecified atom stereocenters. The monoisotopic (exact) mass is 269 g/mol. The van der Waals surface area contributed by atoms with Crippen molar-refractivity contribution in [2.75, 3.05) is 0 Å². The first-order chi connectivity index (χ1) is 8.17. The Kier molecular flexibility index (Phi) is 4.16. The van der Waals surface area contributed by atoms with Crippen LogP contribution in [0.5, 0.6) is 0 Å². The molecule has 18 heavy (non-hydrogen) atoms. The Labute approximate surface area is 111 Å². The van der Waals surface area contributed by atoms with Gasteiger partial charge in [-0.1, -0.05) is 0 Å². The van der Waals surface area contributed by atoms with Crippen LogP contribution in [-0.4, -0.2) is 22.5 Å². The van der Waals surface area contributed by atoms with E-state index in [0.717, 1.165) is 5.56 Å². The molecule has 5 heteroatoms. The molecule has 0 aromatic carbocycles. The average Bonchev–Trinajstić information content (AvgIpc) is 2.68. The second kappa shape index (κ2) is 5.10. The van der Waals surface area contributed by atoms with Crippen molar-refractivity contribution in [1.29, 1.82) is 0 Å². The Morgan fingerprint density at radius 2 is 1.94 bits per heavy atom. The predicted octanol–water partition coefficient (Wildman–Crippen LogP) is 2.30. The van der Waals surface area contributed by atoms with Gasteiger partial charge in [-0.3, -0.25) is 9.59 Å². The minimum Gasteiger partial charge on any atom is -0.481 e. The maximum atomic E-state index is 11.9. The Balaban J connectivity index is 2.71. The zero-order valence-corrected chi connectivity index (χ0v) is 11.9. The van der Waals surface area contributed by atoms with Crippen molar-refractivity contribution in [3.05, 3.63) is 22.4 Å². The van der Waals surface area contributed by atoms with Gasteiger partial charge in [0, 0.05) is 5.54 Å². The number of thiophene rings is 1. The standard InChI is InChI=1S/C13H19NO3S/c1-12(2,11(16)17)13(3,4)14-10(15)7-9-5-6-18-8-9/h5-6,8H,7H2,1-4H3,(H,14,15)(H,16,17). The van der Waals surface area contributed by atoms with Gasteiger partial charge < -0.3 is 10.4 Å². The molecule has 1 heterocycles. The summed E-state index contributed by atoms with van der Waals surface area (Å²) in [4.78, 5) is 23.1. The zero-order valence-electron chi connectivity index (χ0n) is 11.1. The van der Waals surface area contributed by atoms with Gasteiger partial charge in [-0.15, -0.1) is 0 Å². The third-order valence-electron chi connectivity index (χ3n) is 3.49. The van der Waals surface area contributed by atoms with Crippen LogP contribution in [0, 0.1) is 5.41 Å². The van der Waals surface area contributed by atoms with Crippen LogP contribution in [-0.2, 0) is 16.0 Å². The quantitative estimate of drug-likeness (QED) is 0.862. The summed E-state index contributed by atoms with van der Waals surface area (Å²) in [6.07, 6.45) is 0.280. The molecular formula is C13H19NO3S. The van der Waals surface area contributed by atoms with E-state index in [9.17, 15) is 14.7 Å². The first-order valence-corrected chi connectivity index (χ1v) is 6.66. The number of rotatable bonds is 5. The second-order valence-electron chi connectivity index (χ2n) is 5.41. The molecule has 0 saturated carbocycles. The van der Waals surface area contributed by atoms with Gasteiger partial charge in [-0.05, 0) is 50.1 Å². The van der Waals surface area contributed by atoms with Crippen molar-refractivity contribution in [2.45, 2.75) is 39.7 Å². The van der Waals surface area contributed by atoms with Crippen LogP contribution in [0.25, 0.3) is 0 Å². The molecule has 1 amide bonds. The molecular weight excluding hydrogens is 250 g/mol. The number of nitrogens with one attached hydrogen (secondary N) is 1. The van der Waals surface area contributed by atoms with Crippen LogP contribution >= 0.6 is 11.3 Å². The van der Waals surface area contributed by atoms with Crippen molar-refractivity contribution in [3.63, 3.8) is 0 Å². The summed E-state index contributed by atoms with van der Waals surface area (Å²) >= 11 is 1.54. The number of hydrogen-bond acceptors (Lipinski definition) is 3. The van der Waals surface area contributed by atoms with Crippen LogP contribution in [0.15, 0.2) is 16.8 Å². The fraction of sp³-hybridized carbons (Fsp3) is 0.538. The van der Waals surface area contributed by atoms with Gasteiger partial charge in [0.15, 0.2) is 0 Å². The SMILES string of the molecule is CC(C)(NC(=O)Cc1ccsc1)C(C)(C)C(=O)O. The highest BCUT2D eigenvalue weighted by Crippen LogP contribution is 2.30. The summed E-state index contributed by atoms with van der Waals surface area (Å²) in [6.45, 7) is 6.68. The van der Waals surface area contributed by atoms with E-state index in [1.807, 2.05) is 16.8 Å². The normalized spacial score (nSPS) is 12.2. The fourth-order valence-corrected chi connectivity index (χ4v) is 2.06. The number of carboxylic acid groups (broad SMARTS) is 1. The number of carbonyl (C=O) groups excluding carboxylic acids is 1. The van der Waals surface area contributed by atoms with E-state index in [4.69, 9.17) is 0 Å². The lowest BCUT2D eigenvalue weighted by Crippen LogP contribution is -2.57. The predicted molar refractivity (Wildman–Crippen MR) is 71.7 cm³/mol. The molecule has 0 atom stereocenters. The molecule has 1 rings (SSSR count). The summed E-state index contributed by atoms with van der Waals surface area (Å²) in [5, 5.41) is 15.8. The summed E-state index contributed by atoms with van der Waals surface area (Å²) in [5.74, 6) is -1.09. The van der Waals surface area contributed by atoms with Crippen LogP contribution in [0.4, 0.5) is 0 Å². The number of amides is 1. The third kappa shape index (κ3) is 3.10. The lowest BCUT2D eigenvalue weighted by molar-refractivity contribution is -0.151. The first-order valence-electron chi connectivity index (χ1n) is 5.72. The lowest BCUT2D eigenvalue weighted by atomic mass is 9.74. The van der Waals surface area contributed by atoms with Gasteiger partial charge in [0.05, 0.1) is 11.8 Å². The van der Waals surface area contributed by atoms with Gasteiger partial charge in [-0.2, -0.15) is 11.3 Å². The molecule has 0 aliphatic heterocycles. The van der Waals surface area contributed by atoms with Crippen molar-refractivity contribution in [3.8, 4) is 0 Å². The summed E-state index contributed by atoms with van der Waals surface area (Å²) < 4.78 is 0. The van der Waals surface area contributed by atoms with Crippen molar-refractivity contribution in [1.82, 2.24) is 5.32 Å². The molecule has 1 aromatic heterocycles. The summed E-state index contributed by atoms with van der Waals surface area (Å²) in [7, 11) is 0. The van der Waals surface area contributed by atoms with E-state index < -0.39 is 16.9 Å². The van der Waals surface area contributed by atoms with E-state index in [2.05, 4.69) is 5.32 Å². The molecule has 4 nitrogen and oxygen atoms in total. The topological polar surface area (TPSA) is 66.4 Å². The van der Waals surface area contributed by atoms with E-state index >= 15 is 0 Å². The molecule has 0 bridgehead atoms. The highest BCUT2D eigenvalue weighted by molar-refractivity contribution is 7.07. The number of hydrogen-bond donors (Lipinski definition) is 2. The number of carbonyl (C=O) groups is 2. The van der Waals surface area contributed by atoms with Gasteiger partial charge >= 0.3 is 5.97 Å². The summed E-state index contributed by atoms with van der Waals surface area (Å²) in [6, 6.07) is 1.89. The molecule has 100 valence electrons. The van der Waals surface area contributed by atoms with Crippen LogP contribution in [0.2, 0.25) is 0 Å².